The lowest BCUT2D eigenvalue weighted by molar-refractivity contribution is -0.133. The number of ketones is 1. The largest absolute Gasteiger partial charge is 0.330 e. The van der Waals surface area contributed by atoms with E-state index in [0.29, 0.717) is 23.5 Å². The summed E-state index contributed by atoms with van der Waals surface area (Å²) in [4.78, 5) is 11.6. The Morgan fingerprint density at radius 3 is 2.33 bits per heavy atom. The van der Waals surface area contributed by atoms with Crippen LogP contribution in [0.15, 0.2) is 0 Å². The standard InChI is InChI=1S/C10H17NO/c11-6-7-4-8-2-1-3-9(5-7)10(8)12/h7-9H,1-6,11H2/t8-,9-/m0/s1. The first kappa shape index (κ1) is 8.24. The second-order valence-electron chi connectivity index (χ2n) is 4.30. The first-order chi connectivity index (χ1) is 5.81. The molecule has 2 saturated carbocycles. The summed E-state index contributed by atoms with van der Waals surface area (Å²) in [6.45, 7) is 0.778. The Hall–Kier alpha value is -0.370. The maximum Gasteiger partial charge on any atom is 0.139 e. The molecule has 0 unspecified atom stereocenters. The van der Waals surface area contributed by atoms with Gasteiger partial charge in [0.15, 0.2) is 0 Å². The highest BCUT2D eigenvalue weighted by Crippen LogP contribution is 2.39. The van der Waals surface area contributed by atoms with E-state index in [9.17, 15) is 4.79 Å². The van der Waals surface area contributed by atoms with Gasteiger partial charge < -0.3 is 5.73 Å². The molecule has 2 aliphatic rings. The molecule has 12 heavy (non-hydrogen) atoms. The quantitative estimate of drug-likeness (QED) is 0.640. The van der Waals surface area contributed by atoms with Crippen molar-refractivity contribution in [3.05, 3.63) is 0 Å². The first-order valence-corrected chi connectivity index (χ1v) is 5.05. The van der Waals surface area contributed by atoms with Crippen molar-refractivity contribution in [2.24, 2.45) is 23.5 Å². The lowest BCUT2D eigenvalue weighted by Crippen LogP contribution is -2.38. The molecule has 2 rings (SSSR count). The lowest BCUT2D eigenvalue weighted by atomic mass is 9.67. The minimum Gasteiger partial charge on any atom is -0.330 e. The zero-order chi connectivity index (χ0) is 8.55. The Morgan fingerprint density at radius 1 is 1.25 bits per heavy atom. The molecule has 0 heterocycles. The summed E-state index contributed by atoms with van der Waals surface area (Å²) in [7, 11) is 0. The van der Waals surface area contributed by atoms with Crippen molar-refractivity contribution < 1.29 is 4.79 Å². The number of carbonyl (C=O) groups excluding carboxylic acids is 1. The summed E-state index contributed by atoms with van der Waals surface area (Å²) in [6, 6.07) is 0. The third-order valence-corrected chi connectivity index (χ3v) is 3.48. The van der Waals surface area contributed by atoms with Gasteiger partial charge in [0, 0.05) is 11.8 Å². The van der Waals surface area contributed by atoms with Crippen LogP contribution < -0.4 is 5.73 Å². The van der Waals surface area contributed by atoms with E-state index in [2.05, 4.69) is 0 Å². The van der Waals surface area contributed by atoms with E-state index in [1.165, 1.54) is 6.42 Å². The number of carbonyl (C=O) groups is 1. The van der Waals surface area contributed by atoms with Crippen LogP contribution >= 0.6 is 0 Å². The van der Waals surface area contributed by atoms with Gasteiger partial charge in [0.05, 0.1) is 0 Å². The molecule has 2 N–H and O–H groups in total. The number of fused-ring (bicyclic) bond motifs is 2. The molecule has 2 heteroatoms. The molecule has 2 aliphatic carbocycles. The first-order valence-electron chi connectivity index (χ1n) is 5.05. The molecule has 2 fully saturated rings. The average Bonchev–Trinajstić information content (AvgIpc) is 2.04. The summed E-state index contributed by atoms with van der Waals surface area (Å²) < 4.78 is 0. The Labute approximate surface area is 73.5 Å². The van der Waals surface area contributed by atoms with Crippen molar-refractivity contribution in [1.82, 2.24) is 0 Å². The molecular formula is C10H17NO. The molecule has 0 aliphatic heterocycles. The molecule has 2 bridgehead atoms. The normalized spacial score (nSPS) is 41.4. The van der Waals surface area contributed by atoms with Gasteiger partial charge in [-0.3, -0.25) is 4.79 Å². The van der Waals surface area contributed by atoms with Gasteiger partial charge >= 0.3 is 0 Å². The van der Waals surface area contributed by atoms with Gasteiger partial charge in [0.25, 0.3) is 0 Å². The number of hydrogen-bond donors (Lipinski definition) is 1. The van der Waals surface area contributed by atoms with Crippen LogP contribution in [-0.2, 0) is 4.79 Å². The van der Waals surface area contributed by atoms with Crippen LogP contribution in [0.1, 0.15) is 32.1 Å². The van der Waals surface area contributed by atoms with Crippen LogP contribution in [0, 0.1) is 17.8 Å². The molecule has 2 atom stereocenters. The summed E-state index contributed by atoms with van der Waals surface area (Å²) in [5.74, 6) is 1.95. The van der Waals surface area contributed by atoms with Gasteiger partial charge in [-0.2, -0.15) is 0 Å². The van der Waals surface area contributed by atoms with Crippen LogP contribution in [0.25, 0.3) is 0 Å². The fourth-order valence-corrected chi connectivity index (χ4v) is 2.79. The average molecular weight is 167 g/mol. The smallest absolute Gasteiger partial charge is 0.139 e. The van der Waals surface area contributed by atoms with Gasteiger partial charge in [0.1, 0.15) is 5.78 Å². The molecule has 0 aromatic rings. The molecule has 2 nitrogen and oxygen atoms in total. The van der Waals surface area contributed by atoms with Crippen LogP contribution in [0.3, 0.4) is 0 Å². The highest BCUT2D eigenvalue weighted by Gasteiger charge is 2.37. The molecule has 0 aromatic carbocycles. The topological polar surface area (TPSA) is 43.1 Å². The van der Waals surface area contributed by atoms with Gasteiger partial charge in [-0.25, -0.2) is 0 Å². The minimum absolute atomic E-state index is 0.381. The van der Waals surface area contributed by atoms with Crippen molar-refractivity contribution in [2.45, 2.75) is 32.1 Å². The summed E-state index contributed by atoms with van der Waals surface area (Å²) in [5, 5.41) is 0. The molecule has 0 radical (unpaired) electrons. The Kier molecular flexibility index (Phi) is 2.18. The molecule has 0 aromatic heterocycles. The van der Waals surface area contributed by atoms with Crippen molar-refractivity contribution in [2.75, 3.05) is 6.54 Å². The maximum atomic E-state index is 11.6. The van der Waals surface area contributed by atoms with E-state index < -0.39 is 0 Å². The van der Waals surface area contributed by atoms with Crippen LogP contribution in [0.2, 0.25) is 0 Å². The van der Waals surface area contributed by atoms with E-state index in [1.54, 1.807) is 0 Å². The Morgan fingerprint density at radius 2 is 1.83 bits per heavy atom. The van der Waals surface area contributed by atoms with E-state index in [-0.39, 0.29) is 0 Å². The van der Waals surface area contributed by atoms with Crippen molar-refractivity contribution in [3.63, 3.8) is 0 Å². The second-order valence-corrected chi connectivity index (χ2v) is 4.30. The predicted molar refractivity (Wildman–Crippen MR) is 47.6 cm³/mol. The number of hydrogen-bond acceptors (Lipinski definition) is 2. The summed E-state index contributed by atoms with van der Waals surface area (Å²) in [5.41, 5.74) is 5.64. The molecular weight excluding hydrogens is 150 g/mol. The molecule has 0 amide bonds. The van der Waals surface area contributed by atoms with E-state index >= 15 is 0 Å². The molecule has 0 saturated heterocycles. The molecule has 68 valence electrons. The van der Waals surface area contributed by atoms with Crippen molar-refractivity contribution >= 4 is 5.78 Å². The highest BCUT2D eigenvalue weighted by molar-refractivity contribution is 5.84. The number of rotatable bonds is 1. The number of nitrogens with two attached hydrogens (primary N) is 1. The number of Topliss-reactive ketones (excluding diaryl/α,β-unsaturated/α-hetero) is 1. The molecule has 0 spiro atoms. The zero-order valence-electron chi connectivity index (χ0n) is 7.46. The van der Waals surface area contributed by atoms with E-state index in [0.717, 1.165) is 32.2 Å². The van der Waals surface area contributed by atoms with Crippen LogP contribution in [-0.4, -0.2) is 12.3 Å². The lowest BCUT2D eigenvalue weighted by Gasteiger charge is -2.37. The van der Waals surface area contributed by atoms with Gasteiger partial charge in [-0.1, -0.05) is 6.42 Å². The fourth-order valence-electron chi connectivity index (χ4n) is 2.79. The van der Waals surface area contributed by atoms with Crippen molar-refractivity contribution in [3.8, 4) is 0 Å². The SMILES string of the molecule is NCC1C[C@@H]2CCC[C@@H](C1)C2=O. The van der Waals surface area contributed by atoms with Crippen LogP contribution in [0.4, 0.5) is 0 Å². The third kappa shape index (κ3) is 1.28. The predicted octanol–water partition coefficient (Wildman–Crippen LogP) is 1.34. The van der Waals surface area contributed by atoms with Gasteiger partial charge in [-0.05, 0) is 38.1 Å². The van der Waals surface area contributed by atoms with Gasteiger partial charge in [0.2, 0.25) is 0 Å². The third-order valence-electron chi connectivity index (χ3n) is 3.48. The monoisotopic (exact) mass is 167 g/mol. The fraction of sp³-hybridized carbons (Fsp3) is 0.900. The van der Waals surface area contributed by atoms with Crippen molar-refractivity contribution in [1.29, 1.82) is 0 Å². The van der Waals surface area contributed by atoms with E-state index in [1.807, 2.05) is 0 Å². The summed E-state index contributed by atoms with van der Waals surface area (Å²) >= 11 is 0. The maximum absolute atomic E-state index is 11.6. The Balaban J connectivity index is 2.07. The second kappa shape index (κ2) is 3.17. The zero-order valence-corrected chi connectivity index (χ0v) is 7.46. The van der Waals surface area contributed by atoms with Crippen LogP contribution in [0.5, 0.6) is 0 Å². The van der Waals surface area contributed by atoms with Gasteiger partial charge in [-0.15, -0.1) is 0 Å². The summed E-state index contributed by atoms with van der Waals surface area (Å²) in [6.07, 6.45) is 5.67. The Bertz CT molecular complexity index is 174. The minimum atomic E-state index is 0.381. The highest BCUT2D eigenvalue weighted by atomic mass is 16.1. The van der Waals surface area contributed by atoms with E-state index in [4.69, 9.17) is 5.73 Å².